The average molecular weight is 484 g/mol. The van der Waals surface area contributed by atoms with Crippen molar-refractivity contribution in [1.82, 2.24) is 14.8 Å². The van der Waals surface area contributed by atoms with Gasteiger partial charge < -0.3 is 14.8 Å². The van der Waals surface area contributed by atoms with Crippen LogP contribution in [0.15, 0.2) is 79.0 Å². The van der Waals surface area contributed by atoms with Crippen molar-refractivity contribution >= 4 is 16.8 Å². The fourth-order valence-electron chi connectivity index (χ4n) is 5.29. The van der Waals surface area contributed by atoms with Crippen molar-refractivity contribution in [3.63, 3.8) is 0 Å². The van der Waals surface area contributed by atoms with Crippen molar-refractivity contribution in [2.24, 2.45) is 0 Å². The molecular formula is C31H34FN3O. The molecule has 0 bridgehead atoms. The number of nitrogens with one attached hydrogen (secondary N) is 1. The number of benzene rings is 3. The number of halogens is 1. The number of carbonyl (C=O) groups excluding carboxylic acids is 1. The predicted molar refractivity (Wildman–Crippen MR) is 144 cm³/mol. The summed E-state index contributed by atoms with van der Waals surface area (Å²) >= 11 is 0. The molecule has 1 amide bonds. The van der Waals surface area contributed by atoms with Crippen LogP contribution in [0, 0.1) is 12.7 Å². The summed E-state index contributed by atoms with van der Waals surface area (Å²) in [6, 6.07) is 23.5. The van der Waals surface area contributed by atoms with E-state index in [9.17, 15) is 9.18 Å². The quantitative estimate of drug-likeness (QED) is 0.323. The van der Waals surface area contributed by atoms with Gasteiger partial charge in [0.1, 0.15) is 5.82 Å². The Bertz CT molecular complexity index is 1300. The molecule has 1 fully saturated rings. The molecule has 4 aromatic rings. The van der Waals surface area contributed by atoms with Crippen LogP contribution in [0.1, 0.15) is 47.4 Å². The van der Waals surface area contributed by atoms with Gasteiger partial charge in [-0.2, -0.15) is 0 Å². The Labute approximate surface area is 212 Å². The van der Waals surface area contributed by atoms with Gasteiger partial charge in [-0.3, -0.25) is 4.79 Å². The molecule has 5 heteroatoms. The number of para-hydroxylation sites is 1. The molecule has 0 aliphatic carbocycles. The molecule has 2 heterocycles. The second-order valence-corrected chi connectivity index (χ2v) is 9.92. The summed E-state index contributed by atoms with van der Waals surface area (Å²) in [5, 5.41) is 4.26. The average Bonchev–Trinajstić information content (AvgIpc) is 3.53. The molecule has 5 rings (SSSR count). The lowest BCUT2D eigenvalue weighted by molar-refractivity contribution is -0.121. The fourth-order valence-corrected chi connectivity index (χ4v) is 5.29. The second-order valence-electron chi connectivity index (χ2n) is 9.92. The Balaban J connectivity index is 1.43. The molecule has 1 aliphatic heterocycles. The molecule has 0 spiro atoms. The highest BCUT2D eigenvalue weighted by Gasteiger charge is 2.23. The van der Waals surface area contributed by atoms with Crippen molar-refractivity contribution in [2.45, 2.75) is 38.6 Å². The van der Waals surface area contributed by atoms with Gasteiger partial charge in [-0.1, -0.05) is 60.2 Å². The molecule has 1 aliphatic rings. The van der Waals surface area contributed by atoms with Crippen LogP contribution in [0.25, 0.3) is 10.9 Å². The summed E-state index contributed by atoms with van der Waals surface area (Å²) in [7, 11) is 0. The van der Waals surface area contributed by atoms with Crippen LogP contribution < -0.4 is 5.32 Å². The minimum Gasteiger partial charge on any atom is -0.355 e. The molecule has 1 saturated heterocycles. The molecule has 186 valence electrons. The van der Waals surface area contributed by atoms with Gasteiger partial charge in [0.25, 0.3) is 0 Å². The highest BCUT2D eigenvalue weighted by molar-refractivity contribution is 5.86. The van der Waals surface area contributed by atoms with Gasteiger partial charge in [-0.05, 0) is 67.7 Å². The van der Waals surface area contributed by atoms with E-state index in [1.54, 1.807) is 0 Å². The maximum Gasteiger partial charge on any atom is 0.220 e. The first-order chi connectivity index (χ1) is 17.6. The summed E-state index contributed by atoms with van der Waals surface area (Å²) in [5.74, 6) is -0.408. The van der Waals surface area contributed by atoms with Crippen LogP contribution in [0.2, 0.25) is 0 Å². The molecule has 1 atom stereocenters. The van der Waals surface area contributed by atoms with Gasteiger partial charge >= 0.3 is 0 Å². The summed E-state index contributed by atoms with van der Waals surface area (Å²) in [5.41, 5.74) is 5.65. The lowest BCUT2D eigenvalue weighted by atomic mass is 9.88. The Morgan fingerprint density at radius 2 is 1.69 bits per heavy atom. The Kier molecular flexibility index (Phi) is 7.47. The normalized spacial score (nSPS) is 14.8. The smallest absolute Gasteiger partial charge is 0.220 e. The number of fused-ring (bicyclic) bond motifs is 1. The SMILES string of the molecule is Cc1ccc(Cn2cc([C@@H](CC(=O)NCCN3CCCC3)c3ccc(F)cc3)c3ccccc32)cc1. The summed E-state index contributed by atoms with van der Waals surface area (Å²) < 4.78 is 16.0. The zero-order valence-corrected chi connectivity index (χ0v) is 20.9. The fraction of sp³-hybridized carbons (Fsp3) is 0.323. The zero-order chi connectivity index (χ0) is 24.9. The third kappa shape index (κ3) is 5.68. The summed E-state index contributed by atoms with van der Waals surface area (Å²) in [6.45, 7) is 6.63. The predicted octanol–water partition coefficient (Wildman–Crippen LogP) is 5.87. The van der Waals surface area contributed by atoms with E-state index in [2.05, 4.69) is 70.4 Å². The Morgan fingerprint density at radius 3 is 2.44 bits per heavy atom. The molecule has 1 N–H and O–H groups in total. The standard InChI is InChI=1S/C31H34FN3O/c1-23-8-10-24(11-9-23)21-35-22-29(27-6-2-3-7-30(27)35)28(25-12-14-26(32)15-13-25)20-31(36)33-16-19-34-17-4-5-18-34/h2-3,6-15,22,28H,4-5,16-21H2,1H3,(H,33,36)/t28-/m0/s1. The molecule has 0 unspecified atom stereocenters. The van der Waals surface area contributed by atoms with E-state index in [1.165, 1.54) is 36.1 Å². The molecule has 36 heavy (non-hydrogen) atoms. The lowest BCUT2D eigenvalue weighted by Crippen LogP contribution is -2.34. The van der Waals surface area contributed by atoms with Crippen molar-refractivity contribution in [3.05, 3.63) is 107 Å². The summed E-state index contributed by atoms with van der Waals surface area (Å²) in [6.07, 6.45) is 4.99. The summed E-state index contributed by atoms with van der Waals surface area (Å²) in [4.78, 5) is 15.5. The van der Waals surface area contributed by atoms with Crippen molar-refractivity contribution in [2.75, 3.05) is 26.2 Å². The van der Waals surface area contributed by atoms with Crippen LogP contribution in [0.3, 0.4) is 0 Å². The van der Waals surface area contributed by atoms with Gasteiger partial charge in [0.15, 0.2) is 0 Å². The minimum absolute atomic E-state index is 0.0267. The number of rotatable bonds is 9. The number of aromatic nitrogens is 1. The number of amides is 1. The number of aryl methyl sites for hydroxylation is 1. The molecule has 0 radical (unpaired) electrons. The monoisotopic (exact) mass is 483 g/mol. The van der Waals surface area contributed by atoms with E-state index in [1.807, 2.05) is 18.2 Å². The van der Waals surface area contributed by atoms with E-state index in [4.69, 9.17) is 0 Å². The van der Waals surface area contributed by atoms with Crippen LogP contribution in [-0.4, -0.2) is 41.6 Å². The van der Waals surface area contributed by atoms with E-state index in [0.29, 0.717) is 13.0 Å². The first-order valence-electron chi connectivity index (χ1n) is 12.9. The van der Waals surface area contributed by atoms with Gasteiger partial charge in [0.05, 0.1) is 0 Å². The number of nitrogens with zero attached hydrogens (tertiary/aromatic N) is 2. The van der Waals surface area contributed by atoms with E-state index in [-0.39, 0.29) is 17.6 Å². The van der Waals surface area contributed by atoms with Crippen molar-refractivity contribution in [3.8, 4) is 0 Å². The lowest BCUT2D eigenvalue weighted by Gasteiger charge is -2.19. The molecule has 4 nitrogen and oxygen atoms in total. The van der Waals surface area contributed by atoms with Crippen LogP contribution >= 0.6 is 0 Å². The third-order valence-electron chi connectivity index (χ3n) is 7.28. The van der Waals surface area contributed by atoms with Crippen LogP contribution in [0.5, 0.6) is 0 Å². The first kappa shape index (κ1) is 24.3. The van der Waals surface area contributed by atoms with E-state index < -0.39 is 0 Å². The first-order valence-corrected chi connectivity index (χ1v) is 12.9. The van der Waals surface area contributed by atoms with Crippen LogP contribution in [0.4, 0.5) is 4.39 Å². The molecule has 3 aromatic carbocycles. The number of hydrogen-bond donors (Lipinski definition) is 1. The van der Waals surface area contributed by atoms with Gasteiger partial charge in [0, 0.05) is 49.1 Å². The van der Waals surface area contributed by atoms with Gasteiger partial charge in [0.2, 0.25) is 5.91 Å². The number of carbonyl (C=O) groups is 1. The number of hydrogen-bond acceptors (Lipinski definition) is 2. The Morgan fingerprint density at radius 1 is 0.972 bits per heavy atom. The maximum atomic E-state index is 13.8. The topological polar surface area (TPSA) is 37.3 Å². The second kappa shape index (κ2) is 11.1. The highest BCUT2D eigenvalue weighted by Crippen LogP contribution is 2.35. The third-order valence-corrected chi connectivity index (χ3v) is 7.28. The van der Waals surface area contributed by atoms with Crippen molar-refractivity contribution < 1.29 is 9.18 Å². The molecule has 0 saturated carbocycles. The number of likely N-dealkylation sites (tertiary alicyclic amines) is 1. The van der Waals surface area contributed by atoms with Gasteiger partial charge in [-0.25, -0.2) is 4.39 Å². The molecular weight excluding hydrogens is 449 g/mol. The minimum atomic E-state index is -0.269. The van der Waals surface area contributed by atoms with E-state index in [0.717, 1.165) is 48.2 Å². The van der Waals surface area contributed by atoms with Crippen molar-refractivity contribution in [1.29, 1.82) is 0 Å². The molecule has 1 aromatic heterocycles. The largest absolute Gasteiger partial charge is 0.355 e. The highest BCUT2D eigenvalue weighted by atomic mass is 19.1. The van der Waals surface area contributed by atoms with E-state index >= 15 is 0 Å². The van der Waals surface area contributed by atoms with Crippen LogP contribution in [-0.2, 0) is 11.3 Å². The van der Waals surface area contributed by atoms with Gasteiger partial charge in [-0.15, -0.1) is 0 Å². The zero-order valence-electron chi connectivity index (χ0n) is 20.9. The maximum absolute atomic E-state index is 13.8. The Hall–Kier alpha value is -3.44.